The van der Waals surface area contributed by atoms with Crippen molar-refractivity contribution < 1.29 is 17.9 Å². The lowest BCUT2D eigenvalue weighted by atomic mass is 9.62. The highest BCUT2D eigenvalue weighted by Crippen LogP contribution is 2.48. The minimum atomic E-state index is -4.75. The zero-order valence-corrected chi connectivity index (χ0v) is 20.1. The van der Waals surface area contributed by atoms with E-state index < -0.39 is 6.36 Å². The van der Waals surface area contributed by atoms with Gasteiger partial charge in [-0.05, 0) is 82.7 Å². The lowest BCUT2D eigenvalue weighted by Gasteiger charge is -2.42. The Morgan fingerprint density at radius 3 is 2.22 bits per heavy atom. The number of halogens is 3. The highest BCUT2D eigenvalue weighted by molar-refractivity contribution is 8.03. The van der Waals surface area contributed by atoms with Gasteiger partial charge in [0.1, 0.15) is 5.75 Å². The molecule has 2 aliphatic rings. The molecule has 2 nitrogen and oxygen atoms in total. The van der Waals surface area contributed by atoms with Gasteiger partial charge in [0.15, 0.2) is 0 Å². The molecule has 2 aromatic carbocycles. The van der Waals surface area contributed by atoms with E-state index >= 15 is 0 Å². The fourth-order valence-corrected chi connectivity index (χ4v) is 5.53. The first-order valence-corrected chi connectivity index (χ1v) is 11.9. The molecule has 6 heteroatoms. The number of hydrogen-bond donors (Lipinski definition) is 1. The van der Waals surface area contributed by atoms with Crippen LogP contribution in [-0.4, -0.2) is 18.8 Å². The largest absolute Gasteiger partial charge is 0.573 e. The molecule has 0 amide bonds. The summed E-state index contributed by atoms with van der Waals surface area (Å²) >= 11 is 1.71. The number of fused-ring (bicyclic) bond motifs is 1. The van der Waals surface area contributed by atoms with Gasteiger partial charge in [-0.25, -0.2) is 0 Å². The summed E-state index contributed by atoms with van der Waals surface area (Å²) in [5.74, 6) is 0.690. The van der Waals surface area contributed by atoms with Crippen molar-refractivity contribution in [2.24, 2.45) is 0 Å². The van der Waals surface area contributed by atoms with Crippen molar-refractivity contribution in [1.82, 2.24) is 5.32 Å². The van der Waals surface area contributed by atoms with Gasteiger partial charge in [-0.3, -0.25) is 0 Å². The molecular formula is C26H30F3NOS. The molecule has 0 aromatic heterocycles. The minimum Gasteiger partial charge on any atom is -0.405 e. The third-order valence-electron chi connectivity index (χ3n) is 6.70. The van der Waals surface area contributed by atoms with E-state index in [0.29, 0.717) is 5.56 Å². The summed E-state index contributed by atoms with van der Waals surface area (Å²) in [7, 11) is 0. The number of rotatable bonds is 3. The SMILES string of the molecule is Cc1cc2c(cc1-c1cc(C=C3CNCS3)ccc1OC(F)(F)F)C(C)(C)CCC2(C)C. The Morgan fingerprint density at radius 1 is 0.969 bits per heavy atom. The maximum absolute atomic E-state index is 13.2. The average molecular weight is 462 g/mol. The normalized spacial score (nSPS) is 20.9. The first-order valence-electron chi connectivity index (χ1n) is 11.0. The molecule has 0 radical (unpaired) electrons. The van der Waals surface area contributed by atoms with Crippen LogP contribution in [0, 0.1) is 6.92 Å². The number of nitrogens with one attached hydrogen (secondary N) is 1. The predicted octanol–water partition coefficient (Wildman–Crippen LogP) is 7.54. The Hall–Kier alpha value is -1.92. The molecule has 0 bridgehead atoms. The molecule has 0 atom stereocenters. The summed E-state index contributed by atoms with van der Waals surface area (Å²) in [4.78, 5) is 1.17. The fraction of sp³-hybridized carbons (Fsp3) is 0.462. The second kappa shape index (κ2) is 8.14. The molecule has 172 valence electrons. The third kappa shape index (κ3) is 4.72. The molecule has 0 unspecified atom stereocenters. The Kier molecular flexibility index (Phi) is 5.91. The maximum Gasteiger partial charge on any atom is 0.573 e. The summed E-state index contributed by atoms with van der Waals surface area (Å²) < 4.78 is 44.1. The van der Waals surface area contributed by atoms with Gasteiger partial charge in [-0.15, -0.1) is 24.9 Å². The van der Waals surface area contributed by atoms with E-state index in [-0.39, 0.29) is 16.6 Å². The van der Waals surface area contributed by atoms with E-state index in [4.69, 9.17) is 0 Å². The lowest BCUT2D eigenvalue weighted by molar-refractivity contribution is -0.274. The topological polar surface area (TPSA) is 21.3 Å². The third-order valence-corrected chi connectivity index (χ3v) is 7.69. The average Bonchev–Trinajstić information content (AvgIpc) is 3.19. The summed E-state index contributed by atoms with van der Waals surface area (Å²) in [5, 5.41) is 3.26. The lowest BCUT2D eigenvalue weighted by Crippen LogP contribution is -2.34. The first-order chi connectivity index (χ1) is 14.9. The summed E-state index contributed by atoms with van der Waals surface area (Å²) in [6, 6.07) is 9.23. The van der Waals surface area contributed by atoms with Gasteiger partial charge >= 0.3 is 6.36 Å². The monoisotopic (exact) mass is 461 g/mol. The molecule has 2 aromatic rings. The van der Waals surface area contributed by atoms with Crippen molar-refractivity contribution in [3.63, 3.8) is 0 Å². The molecule has 1 fully saturated rings. The van der Waals surface area contributed by atoms with E-state index in [0.717, 1.165) is 42.0 Å². The molecule has 0 spiro atoms. The molecular weight excluding hydrogens is 431 g/mol. The van der Waals surface area contributed by atoms with Gasteiger partial charge in [0.2, 0.25) is 0 Å². The highest BCUT2D eigenvalue weighted by Gasteiger charge is 2.38. The molecule has 4 rings (SSSR count). The van der Waals surface area contributed by atoms with Crippen LogP contribution in [0.1, 0.15) is 62.8 Å². The quantitative estimate of drug-likeness (QED) is 0.510. The molecule has 32 heavy (non-hydrogen) atoms. The van der Waals surface area contributed by atoms with Gasteiger partial charge in [0.25, 0.3) is 0 Å². The number of aryl methyl sites for hydroxylation is 1. The summed E-state index contributed by atoms with van der Waals surface area (Å²) in [6.45, 7) is 11.7. The second-order valence-electron chi connectivity index (χ2n) is 10.1. The second-order valence-corrected chi connectivity index (χ2v) is 11.2. The first kappa shape index (κ1) is 23.2. The number of ether oxygens (including phenoxy) is 1. The summed E-state index contributed by atoms with van der Waals surface area (Å²) in [6.07, 6.45) is -0.587. The van der Waals surface area contributed by atoms with Crippen LogP contribution in [0.5, 0.6) is 5.75 Å². The smallest absolute Gasteiger partial charge is 0.405 e. The Morgan fingerprint density at radius 2 is 1.62 bits per heavy atom. The number of alkyl halides is 3. The van der Waals surface area contributed by atoms with Gasteiger partial charge in [-0.2, -0.15) is 0 Å². The van der Waals surface area contributed by atoms with Crippen LogP contribution in [0.25, 0.3) is 17.2 Å². The number of benzene rings is 2. The van der Waals surface area contributed by atoms with Crippen LogP contribution in [0.15, 0.2) is 35.2 Å². The van der Waals surface area contributed by atoms with Crippen LogP contribution in [0.3, 0.4) is 0 Å². The number of thioether (sulfide) groups is 1. The van der Waals surface area contributed by atoms with Gasteiger partial charge in [0, 0.05) is 22.9 Å². The maximum atomic E-state index is 13.2. The van der Waals surface area contributed by atoms with Gasteiger partial charge < -0.3 is 10.1 Å². The summed E-state index contributed by atoms with van der Waals surface area (Å²) in [5.41, 5.74) is 5.62. The van der Waals surface area contributed by atoms with Crippen LogP contribution in [0.2, 0.25) is 0 Å². The highest BCUT2D eigenvalue weighted by atomic mass is 32.2. The van der Waals surface area contributed by atoms with Crippen molar-refractivity contribution >= 4 is 17.8 Å². The van der Waals surface area contributed by atoms with Crippen molar-refractivity contribution in [1.29, 1.82) is 0 Å². The van der Waals surface area contributed by atoms with Crippen molar-refractivity contribution in [2.75, 3.05) is 12.4 Å². The van der Waals surface area contributed by atoms with Gasteiger partial charge in [0.05, 0.1) is 0 Å². The van der Waals surface area contributed by atoms with Crippen molar-refractivity contribution in [2.45, 2.75) is 64.7 Å². The van der Waals surface area contributed by atoms with Crippen molar-refractivity contribution in [3.05, 3.63) is 57.5 Å². The van der Waals surface area contributed by atoms with E-state index in [1.807, 2.05) is 19.1 Å². The number of hydrogen-bond acceptors (Lipinski definition) is 3. The predicted molar refractivity (Wildman–Crippen MR) is 127 cm³/mol. The molecule has 1 aliphatic carbocycles. The van der Waals surface area contributed by atoms with E-state index in [9.17, 15) is 13.2 Å². The molecule has 0 saturated carbocycles. The zero-order chi connectivity index (χ0) is 23.3. The van der Waals surface area contributed by atoms with E-state index in [1.165, 1.54) is 22.1 Å². The van der Waals surface area contributed by atoms with Crippen LogP contribution in [0.4, 0.5) is 13.2 Å². The Bertz CT molecular complexity index is 1060. The Labute approximate surface area is 192 Å². The molecule has 1 saturated heterocycles. The molecule has 1 N–H and O–H groups in total. The Balaban J connectivity index is 1.90. The van der Waals surface area contributed by atoms with Crippen LogP contribution < -0.4 is 10.1 Å². The minimum absolute atomic E-state index is 0.0376. The van der Waals surface area contributed by atoms with Crippen LogP contribution >= 0.6 is 11.8 Å². The molecule has 1 heterocycles. The van der Waals surface area contributed by atoms with Crippen LogP contribution in [-0.2, 0) is 10.8 Å². The zero-order valence-electron chi connectivity index (χ0n) is 19.2. The van der Waals surface area contributed by atoms with E-state index in [2.05, 4.69) is 49.9 Å². The molecule has 1 aliphatic heterocycles. The standard InChI is InChI=1S/C26H30F3NOS/c1-16-10-21-22(25(4,5)9-8-24(21,2)3)13-19(16)20-12-17(11-18-14-30-15-32-18)6-7-23(20)31-26(27,28)29/h6-7,10-13,30H,8-9,14-15H2,1-5H3. The van der Waals surface area contributed by atoms with E-state index in [1.54, 1.807) is 17.8 Å². The van der Waals surface area contributed by atoms with Gasteiger partial charge in [-0.1, -0.05) is 39.8 Å². The fourth-order valence-electron chi connectivity index (χ4n) is 4.72. The van der Waals surface area contributed by atoms with Crippen molar-refractivity contribution in [3.8, 4) is 16.9 Å².